The Morgan fingerprint density at radius 1 is 1.15 bits per heavy atom. The lowest BCUT2D eigenvalue weighted by Gasteiger charge is -2.37. The summed E-state index contributed by atoms with van der Waals surface area (Å²) in [4.78, 5) is 31.4. The average molecular weight is 576 g/mol. The predicted octanol–water partition coefficient (Wildman–Crippen LogP) is 5.64. The van der Waals surface area contributed by atoms with Crippen LogP contribution >= 0.6 is 11.6 Å². The third kappa shape index (κ3) is 5.60. The molecule has 6 rings (SSSR count). The number of nitrogens with one attached hydrogen (secondary N) is 1. The van der Waals surface area contributed by atoms with E-state index in [2.05, 4.69) is 43.1 Å². The van der Waals surface area contributed by atoms with Gasteiger partial charge < -0.3 is 9.80 Å². The molecule has 1 aromatic heterocycles. The molecule has 0 unspecified atom stereocenters. The summed E-state index contributed by atoms with van der Waals surface area (Å²) in [6.07, 6.45) is 6.07. The molecule has 0 bridgehead atoms. The van der Waals surface area contributed by atoms with Crippen molar-refractivity contribution in [1.29, 1.82) is 0 Å². The minimum atomic E-state index is -0.449. The first-order valence-electron chi connectivity index (χ1n) is 14.5. The Bertz CT molecular complexity index is 1520. The summed E-state index contributed by atoms with van der Waals surface area (Å²) in [7, 11) is 0. The largest absolute Gasteiger partial charge is 0.343 e. The Balaban J connectivity index is 1.18. The number of fused-ring (bicyclic) bond motifs is 4. The number of aromatic amines is 1. The molecule has 3 aliphatic heterocycles. The SMILES string of the molecule is CC(C)(C)CN1Cc2c(cc(Cl)c3[nH]ncc23)C[C@@H](CC(=O)N2CCC(C3=Cc4ccccc4CN3O)CC2)C1=O. The van der Waals surface area contributed by atoms with Crippen LogP contribution in [-0.4, -0.2) is 61.7 Å². The number of aromatic nitrogens is 2. The van der Waals surface area contributed by atoms with Crippen LogP contribution in [0.3, 0.4) is 0 Å². The number of amides is 2. The third-order valence-corrected chi connectivity index (χ3v) is 8.99. The number of hydrogen-bond acceptors (Lipinski definition) is 5. The van der Waals surface area contributed by atoms with E-state index >= 15 is 0 Å². The van der Waals surface area contributed by atoms with E-state index in [0.29, 0.717) is 44.2 Å². The number of halogens is 1. The second kappa shape index (κ2) is 10.8. The molecule has 216 valence electrons. The monoisotopic (exact) mass is 575 g/mol. The fourth-order valence-electron chi connectivity index (χ4n) is 6.70. The Labute approximate surface area is 245 Å². The Morgan fingerprint density at radius 3 is 2.66 bits per heavy atom. The first-order chi connectivity index (χ1) is 19.6. The second-order valence-corrected chi connectivity index (χ2v) is 13.4. The van der Waals surface area contributed by atoms with Crippen LogP contribution in [0.2, 0.25) is 5.02 Å². The number of carbonyl (C=O) groups excluding carboxylic acids is 2. The van der Waals surface area contributed by atoms with Crippen LogP contribution in [0.5, 0.6) is 0 Å². The van der Waals surface area contributed by atoms with Crippen molar-refractivity contribution in [2.24, 2.45) is 17.3 Å². The quantitative estimate of drug-likeness (QED) is 0.420. The smallest absolute Gasteiger partial charge is 0.226 e. The lowest BCUT2D eigenvalue weighted by molar-refractivity contribution is -0.143. The van der Waals surface area contributed by atoms with Crippen molar-refractivity contribution in [1.82, 2.24) is 25.1 Å². The van der Waals surface area contributed by atoms with E-state index in [1.807, 2.05) is 34.1 Å². The molecule has 41 heavy (non-hydrogen) atoms. The van der Waals surface area contributed by atoms with Gasteiger partial charge in [-0.05, 0) is 59.1 Å². The molecule has 2 aromatic carbocycles. The van der Waals surface area contributed by atoms with Gasteiger partial charge in [-0.25, -0.2) is 0 Å². The molecular formula is C32H38ClN5O3. The topological polar surface area (TPSA) is 92.8 Å². The number of hydroxylamine groups is 2. The first-order valence-corrected chi connectivity index (χ1v) is 14.9. The molecule has 8 nitrogen and oxygen atoms in total. The Kier molecular flexibility index (Phi) is 7.32. The van der Waals surface area contributed by atoms with Gasteiger partial charge in [0.15, 0.2) is 0 Å². The van der Waals surface area contributed by atoms with Crippen LogP contribution in [0.1, 0.15) is 62.3 Å². The highest BCUT2D eigenvalue weighted by Crippen LogP contribution is 2.36. The molecule has 2 N–H and O–H groups in total. The van der Waals surface area contributed by atoms with Crippen LogP contribution in [0, 0.1) is 17.3 Å². The number of H-pyrrole nitrogens is 1. The lowest BCUT2D eigenvalue weighted by atomic mass is 9.88. The van der Waals surface area contributed by atoms with Crippen LogP contribution in [0.4, 0.5) is 0 Å². The van der Waals surface area contributed by atoms with Gasteiger partial charge in [0.2, 0.25) is 11.8 Å². The van der Waals surface area contributed by atoms with E-state index < -0.39 is 5.92 Å². The number of benzene rings is 2. The van der Waals surface area contributed by atoms with Crippen molar-refractivity contribution >= 4 is 40.4 Å². The molecule has 1 saturated heterocycles. The van der Waals surface area contributed by atoms with E-state index in [4.69, 9.17) is 11.6 Å². The highest BCUT2D eigenvalue weighted by Gasteiger charge is 2.36. The third-order valence-electron chi connectivity index (χ3n) is 8.70. The van der Waals surface area contributed by atoms with Crippen molar-refractivity contribution in [3.63, 3.8) is 0 Å². The zero-order valence-electron chi connectivity index (χ0n) is 24.0. The summed E-state index contributed by atoms with van der Waals surface area (Å²) in [5, 5.41) is 20.8. The van der Waals surface area contributed by atoms with Crippen molar-refractivity contribution in [2.75, 3.05) is 19.6 Å². The van der Waals surface area contributed by atoms with Crippen molar-refractivity contribution in [2.45, 2.75) is 59.5 Å². The number of carbonyl (C=O) groups is 2. The number of allylic oxidation sites excluding steroid dienone is 1. The summed E-state index contributed by atoms with van der Waals surface area (Å²) in [5.74, 6) is -0.227. The molecule has 9 heteroatoms. The summed E-state index contributed by atoms with van der Waals surface area (Å²) in [6, 6.07) is 10.1. The standard InChI is InChI=1S/C32H38ClN5O3/c1-32(2,3)19-37-18-26-23(13-27(33)30-25(26)16-34-35-30)12-24(31(37)40)15-29(39)36-10-8-20(9-11-36)28-14-21-6-4-5-7-22(21)17-38(28)41/h4-7,13-14,16,20,24,41H,8-12,15,17-19H2,1-3H3,(H,34,35)/t24-/m0/s1. The molecule has 3 aliphatic rings. The first kappa shape index (κ1) is 27.8. The second-order valence-electron chi connectivity index (χ2n) is 13.0. The number of rotatable bonds is 4. The zero-order valence-corrected chi connectivity index (χ0v) is 24.7. The van der Waals surface area contributed by atoms with Gasteiger partial charge in [0.25, 0.3) is 0 Å². The number of likely N-dealkylation sites (tertiary alicyclic amines) is 1. The number of nitrogens with zero attached hydrogens (tertiary/aromatic N) is 4. The van der Waals surface area contributed by atoms with E-state index in [9.17, 15) is 14.8 Å². The van der Waals surface area contributed by atoms with Crippen LogP contribution in [0.25, 0.3) is 17.0 Å². The van der Waals surface area contributed by atoms with Crippen LogP contribution in [-0.2, 0) is 29.1 Å². The Hall–Kier alpha value is -3.36. The molecule has 0 saturated carbocycles. The van der Waals surface area contributed by atoms with Crippen LogP contribution < -0.4 is 0 Å². The van der Waals surface area contributed by atoms with Crippen molar-refractivity contribution < 1.29 is 14.8 Å². The van der Waals surface area contributed by atoms with Crippen molar-refractivity contribution in [3.05, 3.63) is 69.5 Å². The molecule has 1 fully saturated rings. The van der Waals surface area contributed by atoms with Gasteiger partial charge in [0, 0.05) is 49.6 Å². The van der Waals surface area contributed by atoms with Gasteiger partial charge in [0.1, 0.15) is 0 Å². The fraction of sp³-hybridized carbons (Fsp3) is 0.469. The van der Waals surface area contributed by atoms with Gasteiger partial charge in [-0.3, -0.25) is 25.0 Å². The summed E-state index contributed by atoms with van der Waals surface area (Å²) in [5.41, 5.74) is 5.94. The number of piperidine rings is 1. The molecule has 2 amide bonds. The molecule has 0 aliphatic carbocycles. The van der Waals surface area contributed by atoms with E-state index in [1.54, 1.807) is 6.20 Å². The van der Waals surface area contributed by atoms with Gasteiger partial charge in [0.05, 0.1) is 29.2 Å². The highest BCUT2D eigenvalue weighted by atomic mass is 35.5. The molecule has 0 radical (unpaired) electrons. The van der Waals surface area contributed by atoms with Gasteiger partial charge >= 0.3 is 0 Å². The van der Waals surface area contributed by atoms with Crippen LogP contribution in [0.15, 0.2) is 42.2 Å². The van der Waals surface area contributed by atoms with Gasteiger partial charge in [-0.15, -0.1) is 0 Å². The maximum atomic E-state index is 13.9. The summed E-state index contributed by atoms with van der Waals surface area (Å²) in [6.45, 7) is 9.15. The van der Waals surface area contributed by atoms with E-state index in [1.165, 1.54) is 5.06 Å². The van der Waals surface area contributed by atoms with Gasteiger partial charge in [-0.1, -0.05) is 56.6 Å². The molecule has 3 aromatic rings. The highest BCUT2D eigenvalue weighted by molar-refractivity contribution is 6.35. The minimum absolute atomic E-state index is 0.0141. The zero-order chi connectivity index (χ0) is 28.9. The molecule has 1 atom stereocenters. The summed E-state index contributed by atoms with van der Waals surface area (Å²) >= 11 is 6.59. The minimum Gasteiger partial charge on any atom is -0.343 e. The maximum absolute atomic E-state index is 13.9. The van der Waals surface area contributed by atoms with Crippen molar-refractivity contribution in [3.8, 4) is 0 Å². The average Bonchev–Trinajstić information content (AvgIpc) is 3.39. The number of hydrogen-bond donors (Lipinski definition) is 2. The normalized spacial score (nSPS) is 20.1. The van der Waals surface area contributed by atoms with E-state index in [0.717, 1.165) is 51.7 Å². The molecule has 0 spiro atoms. The predicted molar refractivity (Wildman–Crippen MR) is 159 cm³/mol. The van der Waals surface area contributed by atoms with E-state index in [-0.39, 0.29) is 29.6 Å². The Morgan fingerprint density at radius 2 is 1.90 bits per heavy atom. The summed E-state index contributed by atoms with van der Waals surface area (Å²) < 4.78 is 0. The molecule has 4 heterocycles. The van der Waals surface area contributed by atoms with Gasteiger partial charge in [-0.2, -0.15) is 5.10 Å². The molecular weight excluding hydrogens is 538 g/mol. The fourth-order valence-corrected chi connectivity index (χ4v) is 6.97. The lowest BCUT2D eigenvalue weighted by Crippen LogP contribution is -2.44. The maximum Gasteiger partial charge on any atom is 0.226 e.